The molecule has 1 aromatic rings. The van der Waals surface area contributed by atoms with Crippen LogP contribution >= 0.6 is 11.6 Å². The Morgan fingerprint density at radius 2 is 2.14 bits per heavy atom. The minimum absolute atomic E-state index is 0.200. The van der Waals surface area contributed by atoms with Crippen LogP contribution in [0.3, 0.4) is 0 Å². The quantitative estimate of drug-likeness (QED) is 0.708. The molecule has 1 heterocycles. The molecule has 0 bridgehead atoms. The molecular formula is C10H16ClN3. The molecule has 2 rings (SSSR count). The predicted octanol–water partition coefficient (Wildman–Crippen LogP) is 2.70. The maximum Gasteiger partial charge on any atom is 0.148 e. The lowest BCUT2D eigenvalue weighted by molar-refractivity contribution is 0.214. The van der Waals surface area contributed by atoms with Gasteiger partial charge in [0.1, 0.15) is 12.2 Å². The lowest BCUT2D eigenvalue weighted by Crippen LogP contribution is -2.33. The largest absolute Gasteiger partial charge is 0.311 e. The molecule has 4 heteroatoms. The summed E-state index contributed by atoms with van der Waals surface area (Å²) >= 11 is 5.83. The van der Waals surface area contributed by atoms with Gasteiger partial charge in [0.2, 0.25) is 0 Å². The van der Waals surface area contributed by atoms with E-state index < -0.39 is 0 Å². The molecule has 3 nitrogen and oxygen atoms in total. The molecule has 0 unspecified atom stereocenters. The first-order valence-corrected chi connectivity index (χ1v) is 5.75. The molecule has 1 saturated carbocycles. The Kier molecular flexibility index (Phi) is 2.77. The number of aromatic nitrogens is 3. The first-order valence-electron chi connectivity index (χ1n) is 5.22. The van der Waals surface area contributed by atoms with E-state index in [1.54, 1.807) is 0 Å². The third-order valence-electron chi connectivity index (χ3n) is 3.25. The Bertz CT molecular complexity index is 302. The van der Waals surface area contributed by atoms with Crippen molar-refractivity contribution in [1.82, 2.24) is 14.8 Å². The Hall–Kier alpha value is -0.570. The predicted molar refractivity (Wildman–Crippen MR) is 56.3 cm³/mol. The zero-order valence-corrected chi connectivity index (χ0v) is 9.30. The average Bonchev–Trinajstić information content (AvgIpc) is 2.67. The van der Waals surface area contributed by atoms with Crippen LogP contribution < -0.4 is 0 Å². The number of rotatable bonds is 2. The van der Waals surface area contributed by atoms with Crippen molar-refractivity contribution in [1.29, 1.82) is 0 Å². The molecule has 0 aliphatic heterocycles. The third-order valence-corrected chi connectivity index (χ3v) is 3.49. The summed E-state index contributed by atoms with van der Waals surface area (Å²) in [6.45, 7) is 2.28. The number of hydrogen-bond donors (Lipinski definition) is 0. The van der Waals surface area contributed by atoms with Crippen molar-refractivity contribution >= 4 is 11.6 Å². The maximum atomic E-state index is 5.83. The zero-order valence-electron chi connectivity index (χ0n) is 8.54. The summed E-state index contributed by atoms with van der Waals surface area (Å²) in [5.74, 6) is 1.35. The van der Waals surface area contributed by atoms with Crippen molar-refractivity contribution in [2.45, 2.75) is 50.4 Å². The van der Waals surface area contributed by atoms with E-state index >= 15 is 0 Å². The summed E-state index contributed by atoms with van der Waals surface area (Å²) in [7, 11) is 0. The highest BCUT2D eigenvalue weighted by atomic mass is 35.5. The van der Waals surface area contributed by atoms with Crippen LogP contribution in [0.5, 0.6) is 0 Å². The van der Waals surface area contributed by atoms with Crippen molar-refractivity contribution in [3.8, 4) is 0 Å². The van der Waals surface area contributed by atoms with Gasteiger partial charge >= 0.3 is 0 Å². The lowest BCUT2D eigenvalue weighted by Gasteiger charge is -2.35. The molecule has 0 N–H and O–H groups in total. The monoisotopic (exact) mass is 213 g/mol. The molecule has 0 spiro atoms. The van der Waals surface area contributed by atoms with Gasteiger partial charge in [-0.3, -0.25) is 0 Å². The summed E-state index contributed by atoms with van der Waals surface area (Å²) in [5.41, 5.74) is 0.200. The second kappa shape index (κ2) is 3.89. The van der Waals surface area contributed by atoms with Gasteiger partial charge in [0.05, 0.1) is 5.88 Å². The highest BCUT2D eigenvalue weighted by Crippen LogP contribution is 2.34. The van der Waals surface area contributed by atoms with Gasteiger partial charge in [0, 0.05) is 5.54 Å². The summed E-state index contributed by atoms with van der Waals surface area (Å²) in [6.07, 6.45) is 8.22. The average molecular weight is 214 g/mol. The van der Waals surface area contributed by atoms with Crippen LogP contribution in [0, 0.1) is 0 Å². The van der Waals surface area contributed by atoms with Crippen molar-refractivity contribution in [3.63, 3.8) is 0 Å². The summed E-state index contributed by atoms with van der Waals surface area (Å²) in [6, 6.07) is 0. The van der Waals surface area contributed by atoms with Gasteiger partial charge in [-0.05, 0) is 19.8 Å². The Morgan fingerprint density at radius 1 is 1.43 bits per heavy atom. The number of hydrogen-bond acceptors (Lipinski definition) is 2. The molecule has 1 aliphatic carbocycles. The van der Waals surface area contributed by atoms with Crippen LogP contribution in [0.15, 0.2) is 6.33 Å². The van der Waals surface area contributed by atoms with E-state index in [-0.39, 0.29) is 5.54 Å². The second-order valence-corrected chi connectivity index (χ2v) is 4.58. The molecule has 0 radical (unpaired) electrons. The first-order chi connectivity index (χ1) is 6.76. The maximum absolute atomic E-state index is 5.83. The normalized spacial score (nSPS) is 21.0. The topological polar surface area (TPSA) is 30.7 Å². The third kappa shape index (κ3) is 1.65. The van der Waals surface area contributed by atoms with E-state index in [9.17, 15) is 0 Å². The van der Waals surface area contributed by atoms with Gasteiger partial charge < -0.3 is 4.57 Å². The lowest BCUT2D eigenvalue weighted by atomic mass is 9.83. The summed E-state index contributed by atoms with van der Waals surface area (Å²) in [4.78, 5) is 0. The van der Waals surface area contributed by atoms with Gasteiger partial charge in [-0.25, -0.2) is 0 Å². The molecule has 0 saturated heterocycles. The van der Waals surface area contributed by atoms with E-state index in [1.807, 2.05) is 6.33 Å². The van der Waals surface area contributed by atoms with Crippen LogP contribution in [0.25, 0.3) is 0 Å². The molecule has 0 atom stereocenters. The minimum atomic E-state index is 0.200. The minimum Gasteiger partial charge on any atom is -0.311 e. The van der Waals surface area contributed by atoms with Crippen molar-refractivity contribution in [2.24, 2.45) is 0 Å². The van der Waals surface area contributed by atoms with Gasteiger partial charge in [0.15, 0.2) is 0 Å². The van der Waals surface area contributed by atoms with E-state index in [4.69, 9.17) is 11.6 Å². The smallest absolute Gasteiger partial charge is 0.148 e. The van der Waals surface area contributed by atoms with Crippen LogP contribution in [-0.2, 0) is 11.4 Å². The highest BCUT2D eigenvalue weighted by molar-refractivity contribution is 6.16. The summed E-state index contributed by atoms with van der Waals surface area (Å²) < 4.78 is 2.17. The van der Waals surface area contributed by atoms with Crippen LogP contribution in [0.1, 0.15) is 44.9 Å². The standard InChI is InChI=1S/C10H16ClN3/c1-10(5-3-2-4-6-10)14-8-12-13-9(14)7-11/h8H,2-7H2,1H3. The number of halogens is 1. The molecule has 1 fully saturated rings. The van der Waals surface area contributed by atoms with Crippen LogP contribution in [0.4, 0.5) is 0 Å². The van der Waals surface area contributed by atoms with E-state index in [1.165, 1.54) is 32.1 Å². The number of nitrogens with zero attached hydrogens (tertiary/aromatic N) is 3. The molecule has 1 aromatic heterocycles. The van der Waals surface area contributed by atoms with Gasteiger partial charge in [-0.2, -0.15) is 0 Å². The fourth-order valence-corrected chi connectivity index (χ4v) is 2.54. The highest BCUT2D eigenvalue weighted by Gasteiger charge is 2.30. The first kappa shape index (κ1) is 9.97. The molecule has 78 valence electrons. The second-order valence-electron chi connectivity index (χ2n) is 4.31. The van der Waals surface area contributed by atoms with E-state index in [2.05, 4.69) is 21.7 Å². The molecule has 1 aliphatic rings. The molecule has 0 amide bonds. The molecule has 14 heavy (non-hydrogen) atoms. The number of alkyl halides is 1. The van der Waals surface area contributed by atoms with Gasteiger partial charge in [-0.1, -0.05) is 19.3 Å². The van der Waals surface area contributed by atoms with Crippen molar-refractivity contribution < 1.29 is 0 Å². The van der Waals surface area contributed by atoms with Crippen molar-refractivity contribution in [3.05, 3.63) is 12.2 Å². The molecule has 0 aromatic carbocycles. The van der Waals surface area contributed by atoms with Gasteiger partial charge in [-0.15, -0.1) is 21.8 Å². The van der Waals surface area contributed by atoms with Crippen molar-refractivity contribution in [2.75, 3.05) is 0 Å². The van der Waals surface area contributed by atoms with E-state index in [0.29, 0.717) is 5.88 Å². The Balaban J connectivity index is 2.27. The van der Waals surface area contributed by atoms with Crippen LogP contribution in [0.2, 0.25) is 0 Å². The van der Waals surface area contributed by atoms with Gasteiger partial charge in [0.25, 0.3) is 0 Å². The fraction of sp³-hybridized carbons (Fsp3) is 0.800. The Morgan fingerprint density at radius 3 is 2.79 bits per heavy atom. The summed E-state index contributed by atoms with van der Waals surface area (Å²) in [5, 5.41) is 7.98. The fourth-order valence-electron chi connectivity index (χ4n) is 2.36. The Labute approximate surface area is 89.5 Å². The van der Waals surface area contributed by atoms with E-state index in [0.717, 1.165) is 5.82 Å². The van der Waals surface area contributed by atoms with Crippen LogP contribution in [-0.4, -0.2) is 14.8 Å². The molecular weight excluding hydrogens is 198 g/mol. The SMILES string of the molecule is CC1(n2cnnc2CCl)CCCCC1. The zero-order chi connectivity index (χ0) is 10.0.